The van der Waals surface area contributed by atoms with Gasteiger partial charge < -0.3 is 5.43 Å². The van der Waals surface area contributed by atoms with Crippen molar-refractivity contribution < 1.29 is 8.42 Å². The van der Waals surface area contributed by atoms with Crippen molar-refractivity contribution in [1.82, 2.24) is 4.98 Å². The topological polar surface area (TPSA) is 97.1 Å². The molecule has 0 saturated carbocycles. The highest BCUT2D eigenvalue weighted by atomic mass is 79.9. The van der Waals surface area contributed by atoms with Gasteiger partial charge in [0.05, 0.1) is 5.69 Å². The smallest absolute Gasteiger partial charge is 0.265 e. The quantitative estimate of drug-likeness (QED) is 0.441. The van der Waals surface area contributed by atoms with Crippen LogP contribution in [0.4, 0.5) is 11.5 Å². The molecule has 0 aliphatic carbocycles. The third kappa shape index (κ3) is 3.95. The summed E-state index contributed by atoms with van der Waals surface area (Å²) < 4.78 is 29.3. The second kappa shape index (κ2) is 6.61. The Hall–Kier alpha value is -0.680. The van der Waals surface area contributed by atoms with Gasteiger partial charge in [0, 0.05) is 19.6 Å². The molecule has 112 valence electrons. The van der Waals surface area contributed by atoms with E-state index in [1.165, 1.54) is 12.3 Å². The minimum atomic E-state index is -3.85. The van der Waals surface area contributed by atoms with Gasteiger partial charge in [0.15, 0.2) is 5.82 Å². The first-order chi connectivity index (χ1) is 9.83. The van der Waals surface area contributed by atoms with Gasteiger partial charge in [0.25, 0.3) is 10.0 Å². The van der Waals surface area contributed by atoms with Gasteiger partial charge in [0.1, 0.15) is 4.90 Å². The van der Waals surface area contributed by atoms with E-state index in [1.54, 1.807) is 18.2 Å². The summed E-state index contributed by atoms with van der Waals surface area (Å²) in [6.45, 7) is 0. The summed E-state index contributed by atoms with van der Waals surface area (Å²) in [6.07, 6.45) is 1.45. The maximum Gasteiger partial charge on any atom is 0.265 e. The summed E-state index contributed by atoms with van der Waals surface area (Å²) in [5.41, 5.74) is 2.66. The lowest BCUT2D eigenvalue weighted by Crippen LogP contribution is -2.18. The van der Waals surface area contributed by atoms with Crippen LogP contribution >= 0.6 is 47.8 Å². The lowest BCUT2D eigenvalue weighted by molar-refractivity contribution is 0.601. The molecule has 0 unspecified atom stereocenters. The van der Waals surface area contributed by atoms with Gasteiger partial charge in [0.2, 0.25) is 0 Å². The van der Waals surface area contributed by atoms with E-state index in [-0.39, 0.29) is 10.7 Å². The predicted molar refractivity (Wildman–Crippen MR) is 92.4 cm³/mol. The summed E-state index contributed by atoms with van der Waals surface area (Å²) in [4.78, 5) is 3.86. The number of aromatic nitrogens is 1. The Labute approximate surface area is 146 Å². The standard InChI is InChI=1S/C11H9Br3N4O2S/c12-6-1-2-8(14)9(3-6)18-21(19,20)10-4-7(13)5-16-11(10)17-15/h1-5,18H,15H2,(H,16,17). The molecule has 1 aromatic carbocycles. The molecule has 0 bridgehead atoms. The van der Waals surface area contributed by atoms with E-state index in [2.05, 4.69) is 62.9 Å². The number of pyridine rings is 1. The summed E-state index contributed by atoms with van der Waals surface area (Å²) in [5.74, 6) is 5.36. The molecular formula is C11H9Br3N4O2S. The minimum Gasteiger partial charge on any atom is -0.307 e. The highest BCUT2D eigenvalue weighted by Gasteiger charge is 2.21. The third-order valence-electron chi connectivity index (χ3n) is 2.42. The first-order valence-corrected chi connectivity index (χ1v) is 9.30. The van der Waals surface area contributed by atoms with Crippen molar-refractivity contribution in [3.8, 4) is 0 Å². The van der Waals surface area contributed by atoms with Crippen LogP contribution in [0.25, 0.3) is 0 Å². The molecule has 0 aliphatic rings. The Kier molecular flexibility index (Phi) is 5.25. The van der Waals surface area contributed by atoms with Gasteiger partial charge in [-0.05, 0) is 56.1 Å². The maximum absolute atomic E-state index is 12.5. The number of anilines is 2. The predicted octanol–water partition coefficient (Wildman–Crippen LogP) is 3.46. The second-order valence-corrected chi connectivity index (χ2v) is 8.21. The van der Waals surface area contributed by atoms with Crippen molar-refractivity contribution >= 4 is 69.3 Å². The summed E-state index contributed by atoms with van der Waals surface area (Å²) in [7, 11) is -3.85. The van der Waals surface area contributed by atoms with Crippen LogP contribution in [0.1, 0.15) is 0 Å². The van der Waals surface area contributed by atoms with E-state index in [1.807, 2.05) is 0 Å². The highest BCUT2D eigenvalue weighted by Crippen LogP contribution is 2.30. The molecule has 0 amide bonds. The molecule has 0 aliphatic heterocycles. The van der Waals surface area contributed by atoms with Crippen molar-refractivity contribution in [2.75, 3.05) is 10.1 Å². The van der Waals surface area contributed by atoms with Gasteiger partial charge in [-0.3, -0.25) is 4.72 Å². The van der Waals surface area contributed by atoms with Crippen LogP contribution in [0.2, 0.25) is 0 Å². The fraction of sp³-hybridized carbons (Fsp3) is 0. The number of halogens is 3. The lowest BCUT2D eigenvalue weighted by Gasteiger charge is -2.13. The van der Waals surface area contributed by atoms with Gasteiger partial charge >= 0.3 is 0 Å². The number of nitrogen functional groups attached to an aromatic ring is 1. The number of rotatable bonds is 4. The van der Waals surface area contributed by atoms with Crippen LogP contribution < -0.4 is 16.0 Å². The van der Waals surface area contributed by atoms with Crippen molar-refractivity contribution in [1.29, 1.82) is 0 Å². The zero-order valence-corrected chi connectivity index (χ0v) is 15.8. The number of hydrogen-bond acceptors (Lipinski definition) is 5. The molecular weight excluding hydrogens is 492 g/mol. The first-order valence-electron chi connectivity index (χ1n) is 5.43. The molecule has 0 radical (unpaired) electrons. The Morgan fingerprint density at radius 1 is 1.10 bits per heavy atom. The third-order valence-corrected chi connectivity index (χ3v) is 5.42. The molecule has 0 saturated heterocycles. The van der Waals surface area contributed by atoms with Crippen molar-refractivity contribution in [3.63, 3.8) is 0 Å². The average molecular weight is 501 g/mol. The summed E-state index contributed by atoms with van der Waals surface area (Å²) in [5, 5.41) is 0. The van der Waals surface area contributed by atoms with E-state index in [9.17, 15) is 8.42 Å². The van der Waals surface area contributed by atoms with Crippen LogP contribution in [0, 0.1) is 0 Å². The Morgan fingerprint density at radius 2 is 1.81 bits per heavy atom. The van der Waals surface area contributed by atoms with Crippen LogP contribution in [-0.4, -0.2) is 13.4 Å². The minimum absolute atomic E-state index is 0.0526. The molecule has 6 nitrogen and oxygen atoms in total. The molecule has 0 spiro atoms. The SMILES string of the molecule is NNc1ncc(Br)cc1S(=O)(=O)Nc1cc(Br)ccc1Br. The number of sulfonamides is 1. The van der Waals surface area contributed by atoms with E-state index in [4.69, 9.17) is 5.84 Å². The number of hydrogen-bond donors (Lipinski definition) is 3. The number of hydrazine groups is 1. The normalized spacial score (nSPS) is 11.2. The first kappa shape index (κ1) is 16.7. The van der Waals surface area contributed by atoms with Crippen molar-refractivity contribution in [2.45, 2.75) is 4.90 Å². The summed E-state index contributed by atoms with van der Waals surface area (Å²) >= 11 is 9.77. The average Bonchev–Trinajstić information content (AvgIpc) is 2.42. The van der Waals surface area contributed by atoms with E-state index in [0.29, 0.717) is 14.6 Å². The van der Waals surface area contributed by atoms with E-state index < -0.39 is 10.0 Å². The van der Waals surface area contributed by atoms with Crippen LogP contribution in [0.15, 0.2) is 48.8 Å². The largest absolute Gasteiger partial charge is 0.307 e. The molecule has 0 fully saturated rings. The zero-order chi connectivity index (χ0) is 15.6. The molecule has 2 rings (SSSR count). The molecule has 4 N–H and O–H groups in total. The number of nitrogens with two attached hydrogens (primary N) is 1. The van der Waals surface area contributed by atoms with Gasteiger partial charge in [-0.15, -0.1) is 0 Å². The fourth-order valence-corrected chi connectivity index (χ4v) is 4.05. The molecule has 2 aromatic rings. The van der Waals surface area contributed by atoms with Crippen molar-refractivity contribution in [2.24, 2.45) is 5.84 Å². The summed E-state index contributed by atoms with van der Waals surface area (Å²) in [6, 6.07) is 6.57. The van der Waals surface area contributed by atoms with Crippen LogP contribution in [-0.2, 0) is 10.0 Å². The van der Waals surface area contributed by atoms with Crippen LogP contribution in [0.5, 0.6) is 0 Å². The van der Waals surface area contributed by atoms with Crippen LogP contribution in [0.3, 0.4) is 0 Å². The Morgan fingerprint density at radius 3 is 2.48 bits per heavy atom. The number of nitrogens with zero attached hydrogens (tertiary/aromatic N) is 1. The molecule has 1 aromatic heterocycles. The van der Waals surface area contributed by atoms with Crippen molar-refractivity contribution in [3.05, 3.63) is 43.9 Å². The lowest BCUT2D eigenvalue weighted by atomic mass is 10.3. The highest BCUT2D eigenvalue weighted by molar-refractivity contribution is 9.11. The zero-order valence-electron chi connectivity index (χ0n) is 10.3. The Bertz CT molecular complexity index is 783. The molecule has 21 heavy (non-hydrogen) atoms. The molecule has 10 heteroatoms. The number of benzene rings is 1. The van der Waals surface area contributed by atoms with Gasteiger partial charge in [-0.2, -0.15) is 0 Å². The van der Waals surface area contributed by atoms with E-state index in [0.717, 1.165) is 4.47 Å². The molecule has 0 atom stereocenters. The molecule has 1 heterocycles. The second-order valence-electron chi connectivity index (χ2n) is 3.87. The van der Waals surface area contributed by atoms with Gasteiger partial charge in [-0.25, -0.2) is 19.2 Å². The monoisotopic (exact) mass is 498 g/mol. The van der Waals surface area contributed by atoms with E-state index >= 15 is 0 Å². The Balaban J connectivity index is 2.48. The maximum atomic E-state index is 12.5. The number of nitrogens with one attached hydrogen (secondary N) is 2. The fourth-order valence-electron chi connectivity index (χ4n) is 1.51. The van der Waals surface area contributed by atoms with Gasteiger partial charge in [-0.1, -0.05) is 15.9 Å².